The van der Waals surface area contributed by atoms with Gasteiger partial charge in [-0.15, -0.1) is 0 Å². The average molecular weight is 269 g/mol. The van der Waals surface area contributed by atoms with Crippen molar-refractivity contribution in [2.75, 3.05) is 13.2 Å². The molecule has 1 amide bonds. The predicted molar refractivity (Wildman–Crippen MR) is 69.7 cm³/mol. The van der Waals surface area contributed by atoms with Crippen LogP contribution in [-0.2, 0) is 14.3 Å². The molecule has 2 aliphatic carbocycles. The number of rotatable bonds is 7. The first-order chi connectivity index (χ1) is 9.15. The van der Waals surface area contributed by atoms with Crippen LogP contribution in [0, 0.1) is 11.8 Å². The number of ether oxygens (including phenoxy) is 1. The highest BCUT2D eigenvalue weighted by atomic mass is 16.5. The largest absolute Gasteiger partial charge is 0.481 e. The van der Waals surface area contributed by atoms with Crippen molar-refractivity contribution in [1.82, 2.24) is 5.32 Å². The van der Waals surface area contributed by atoms with Gasteiger partial charge in [0.1, 0.15) is 0 Å². The lowest BCUT2D eigenvalue weighted by atomic mass is 9.86. The van der Waals surface area contributed by atoms with E-state index in [9.17, 15) is 9.59 Å². The Morgan fingerprint density at radius 3 is 2.37 bits per heavy atom. The molecule has 0 aromatic carbocycles. The first-order valence-corrected chi connectivity index (χ1v) is 7.25. The summed E-state index contributed by atoms with van der Waals surface area (Å²) in [5, 5.41) is 11.9. The Kier molecular flexibility index (Phi) is 5.19. The van der Waals surface area contributed by atoms with Gasteiger partial charge in [-0.05, 0) is 44.4 Å². The van der Waals surface area contributed by atoms with Crippen LogP contribution in [0.2, 0.25) is 0 Å². The molecule has 5 heteroatoms. The Labute approximate surface area is 113 Å². The van der Waals surface area contributed by atoms with Crippen LogP contribution >= 0.6 is 0 Å². The molecule has 2 fully saturated rings. The minimum Gasteiger partial charge on any atom is -0.481 e. The lowest BCUT2D eigenvalue weighted by Gasteiger charge is -2.26. The number of carbonyl (C=O) groups excluding carboxylic acids is 1. The number of nitrogens with one attached hydrogen (secondary N) is 1. The van der Waals surface area contributed by atoms with Crippen molar-refractivity contribution in [1.29, 1.82) is 0 Å². The van der Waals surface area contributed by atoms with E-state index in [-0.39, 0.29) is 17.9 Å². The monoisotopic (exact) mass is 269 g/mol. The van der Waals surface area contributed by atoms with Gasteiger partial charge in [0, 0.05) is 19.1 Å². The molecule has 0 heterocycles. The van der Waals surface area contributed by atoms with E-state index in [0.717, 1.165) is 25.4 Å². The minimum atomic E-state index is -0.710. The van der Waals surface area contributed by atoms with E-state index in [1.165, 1.54) is 12.8 Å². The molecule has 0 aliphatic heterocycles. The zero-order valence-corrected chi connectivity index (χ0v) is 11.3. The van der Waals surface area contributed by atoms with E-state index < -0.39 is 5.97 Å². The molecule has 2 N–H and O–H groups in total. The van der Waals surface area contributed by atoms with Crippen LogP contribution in [0.25, 0.3) is 0 Å². The minimum absolute atomic E-state index is 0.0228. The summed E-state index contributed by atoms with van der Waals surface area (Å²) >= 11 is 0. The van der Waals surface area contributed by atoms with Crippen LogP contribution in [0.5, 0.6) is 0 Å². The van der Waals surface area contributed by atoms with Crippen molar-refractivity contribution < 1.29 is 19.4 Å². The first-order valence-electron chi connectivity index (χ1n) is 7.25. The van der Waals surface area contributed by atoms with Crippen molar-refractivity contribution in [2.24, 2.45) is 11.8 Å². The Hall–Kier alpha value is -1.10. The van der Waals surface area contributed by atoms with Crippen LogP contribution in [0.4, 0.5) is 0 Å². The lowest BCUT2D eigenvalue weighted by molar-refractivity contribution is -0.142. The maximum absolute atomic E-state index is 11.7. The summed E-state index contributed by atoms with van der Waals surface area (Å²) in [6, 6.07) is 0.145. The van der Waals surface area contributed by atoms with E-state index >= 15 is 0 Å². The van der Waals surface area contributed by atoms with Gasteiger partial charge >= 0.3 is 5.97 Å². The zero-order valence-electron chi connectivity index (χ0n) is 11.3. The lowest BCUT2D eigenvalue weighted by Crippen LogP contribution is -2.39. The molecule has 108 valence electrons. The summed E-state index contributed by atoms with van der Waals surface area (Å²) in [4.78, 5) is 22.5. The van der Waals surface area contributed by atoms with Gasteiger partial charge in [0.25, 0.3) is 0 Å². The molecule has 2 saturated carbocycles. The second kappa shape index (κ2) is 6.89. The molecule has 2 rings (SSSR count). The summed E-state index contributed by atoms with van der Waals surface area (Å²) < 4.78 is 5.43. The highest BCUT2D eigenvalue weighted by Gasteiger charge is 2.26. The SMILES string of the molecule is O=C(CCOCC1CC1)NC1CCC(C(=O)O)CC1. The van der Waals surface area contributed by atoms with Crippen LogP contribution in [-0.4, -0.2) is 36.2 Å². The molecule has 0 radical (unpaired) electrons. The third-order valence-corrected chi connectivity index (χ3v) is 3.97. The standard InChI is InChI=1S/C14H23NO4/c16-13(7-8-19-9-10-1-2-10)15-12-5-3-11(4-6-12)14(17)18/h10-12H,1-9H2,(H,15,16)(H,17,18). The number of aliphatic carboxylic acids is 1. The topological polar surface area (TPSA) is 75.6 Å². The Balaban J connectivity index is 1.53. The van der Waals surface area contributed by atoms with Crippen molar-refractivity contribution in [2.45, 2.75) is 51.0 Å². The van der Waals surface area contributed by atoms with Gasteiger partial charge in [-0.2, -0.15) is 0 Å². The van der Waals surface area contributed by atoms with Gasteiger partial charge in [-0.3, -0.25) is 9.59 Å². The molecule has 0 aromatic heterocycles. The zero-order chi connectivity index (χ0) is 13.7. The van der Waals surface area contributed by atoms with Crippen molar-refractivity contribution in [3.63, 3.8) is 0 Å². The van der Waals surface area contributed by atoms with Crippen LogP contribution in [0.3, 0.4) is 0 Å². The number of carbonyl (C=O) groups is 2. The normalized spacial score (nSPS) is 26.9. The van der Waals surface area contributed by atoms with E-state index in [2.05, 4.69) is 5.32 Å². The predicted octanol–water partition coefficient (Wildman–Crippen LogP) is 1.56. The highest BCUT2D eigenvalue weighted by Crippen LogP contribution is 2.28. The smallest absolute Gasteiger partial charge is 0.306 e. The van der Waals surface area contributed by atoms with Crippen molar-refractivity contribution in [3.8, 4) is 0 Å². The molecule has 0 unspecified atom stereocenters. The quantitative estimate of drug-likeness (QED) is 0.688. The fourth-order valence-corrected chi connectivity index (χ4v) is 2.48. The maximum atomic E-state index is 11.7. The van der Waals surface area contributed by atoms with Crippen molar-refractivity contribution in [3.05, 3.63) is 0 Å². The fraction of sp³-hybridized carbons (Fsp3) is 0.857. The van der Waals surface area contributed by atoms with E-state index in [1.807, 2.05) is 0 Å². The molecular weight excluding hydrogens is 246 g/mol. The van der Waals surface area contributed by atoms with E-state index in [0.29, 0.717) is 25.9 Å². The number of carboxylic acid groups (broad SMARTS) is 1. The van der Waals surface area contributed by atoms with E-state index in [4.69, 9.17) is 9.84 Å². The average Bonchev–Trinajstić information content (AvgIpc) is 3.19. The van der Waals surface area contributed by atoms with Crippen molar-refractivity contribution >= 4 is 11.9 Å². The molecule has 19 heavy (non-hydrogen) atoms. The van der Waals surface area contributed by atoms with Gasteiger partial charge in [0.05, 0.1) is 12.5 Å². The number of hydrogen-bond acceptors (Lipinski definition) is 3. The highest BCUT2D eigenvalue weighted by molar-refractivity contribution is 5.76. The third kappa shape index (κ3) is 5.19. The van der Waals surface area contributed by atoms with Crippen LogP contribution in [0.15, 0.2) is 0 Å². The molecule has 0 atom stereocenters. The summed E-state index contributed by atoms with van der Waals surface area (Å²) in [5.41, 5.74) is 0. The first kappa shape index (κ1) is 14.3. The molecule has 0 saturated heterocycles. The fourth-order valence-electron chi connectivity index (χ4n) is 2.48. The molecular formula is C14H23NO4. The van der Waals surface area contributed by atoms with Gasteiger partial charge < -0.3 is 15.2 Å². The number of hydrogen-bond donors (Lipinski definition) is 2. The second-order valence-electron chi connectivity index (χ2n) is 5.72. The van der Waals surface area contributed by atoms with Gasteiger partial charge in [0.2, 0.25) is 5.91 Å². The molecule has 5 nitrogen and oxygen atoms in total. The van der Waals surface area contributed by atoms with E-state index in [1.54, 1.807) is 0 Å². The summed E-state index contributed by atoms with van der Waals surface area (Å²) in [6.07, 6.45) is 5.80. The van der Waals surface area contributed by atoms with Crippen LogP contribution < -0.4 is 5.32 Å². The summed E-state index contributed by atoms with van der Waals surface area (Å²) in [6.45, 7) is 1.28. The molecule has 0 bridgehead atoms. The molecule has 2 aliphatic rings. The van der Waals surface area contributed by atoms with Gasteiger partial charge in [-0.1, -0.05) is 0 Å². The third-order valence-electron chi connectivity index (χ3n) is 3.97. The molecule has 0 aromatic rings. The summed E-state index contributed by atoms with van der Waals surface area (Å²) in [5.74, 6) is -0.183. The van der Waals surface area contributed by atoms with Gasteiger partial charge in [-0.25, -0.2) is 0 Å². The number of carboxylic acids is 1. The van der Waals surface area contributed by atoms with Gasteiger partial charge in [0.15, 0.2) is 0 Å². The molecule has 0 spiro atoms. The number of amides is 1. The Morgan fingerprint density at radius 2 is 1.79 bits per heavy atom. The Bertz CT molecular complexity index is 319. The summed E-state index contributed by atoms with van der Waals surface area (Å²) in [7, 11) is 0. The van der Waals surface area contributed by atoms with Crippen LogP contribution in [0.1, 0.15) is 44.9 Å². The maximum Gasteiger partial charge on any atom is 0.306 e. The second-order valence-corrected chi connectivity index (χ2v) is 5.72. The Morgan fingerprint density at radius 1 is 1.11 bits per heavy atom.